The molecule has 194 valence electrons. The van der Waals surface area contributed by atoms with Gasteiger partial charge in [-0.2, -0.15) is 0 Å². The molecule has 2 aromatic rings. The highest BCUT2D eigenvalue weighted by Crippen LogP contribution is 2.17. The van der Waals surface area contributed by atoms with Crippen molar-refractivity contribution in [2.75, 3.05) is 0 Å². The number of benzene rings is 2. The maximum Gasteiger partial charge on any atom is 0.325 e. The molecule has 0 aromatic heterocycles. The number of imide groups is 1. The number of nitrogens with one attached hydrogen (secondary N) is 1. The number of rotatable bonds is 12. The first-order valence-corrected chi connectivity index (χ1v) is 11.9. The van der Waals surface area contributed by atoms with Crippen LogP contribution in [0.1, 0.15) is 38.3 Å². The second-order valence-corrected chi connectivity index (χ2v) is 9.19. The summed E-state index contributed by atoms with van der Waals surface area (Å²) in [6.07, 6.45) is -1.36. The standard InChI is InChI=1S/C27H35N3O6/c1-17(2)23(31)16-24(32)30(26(34)21(28)14-19-10-6-4-7-11-19)22(15-20-12-8-5-9-13-20)25(33)29-18(3)27(35)36/h4-13,17-18,21-23,31H,14-16,28H2,1-3H3,(H,29,33)(H,35,36)/t18-,21-,22-,23+/m1/s1. The van der Waals surface area contributed by atoms with Crippen LogP contribution in [0.3, 0.4) is 0 Å². The average molecular weight is 498 g/mol. The first-order valence-electron chi connectivity index (χ1n) is 11.9. The number of amides is 3. The molecule has 2 rings (SSSR count). The summed E-state index contributed by atoms with van der Waals surface area (Å²) >= 11 is 0. The van der Waals surface area contributed by atoms with Gasteiger partial charge in [0.2, 0.25) is 17.7 Å². The summed E-state index contributed by atoms with van der Waals surface area (Å²) in [6, 6.07) is 14.0. The number of aliphatic hydroxyl groups excluding tert-OH is 1. The molecule has 0 saturated carbocycles. The maximum absolute atomic E-state index is 13.6. The largest absolute Gasteiger partial charge is 0.480 e. The number of aliphatic carboxylic acids is 1. The van der Waals surface area contributed by atoms with E-state index in [1.54, 1.807) is 68.4 Å². The lowest BCUT2D eigenvalue weighted by atomic mass is 9.98. The molecule has 0 fully saturated rings. The lowest BCUT2D eigenvalue weighted by molar-refractivity contribution is -0.154. The van der Waals surface area contributed by atoms with Crippen molar-refractivity contribution < 1.29 is 29.4 Å². The fourth-order valence-corrected chi connectivity index (χ4v) is 3.61. The van der Waals surface area contributed by atoms with Crippen molar-refractivity contribution in [2.24, 2.45) is 11.7 Å². The van der Waals surface area contributed by atoms with E-state index in [4.69, 9.17) is 5.73 Å². The van der Waals surface area contributed by atoms with Gasteiger partial charge in [0.25, 0.3) is 0 Å². The molecule has 0 unspecified atom stereocenters. The summed E-state index contributed by atoms with van der Waals surface area (Å²) < 4.78 is 0. The summed E-state index contributed by atoms with van der Waals surface area (Å²) in [6.45, 7) is 4.75. The number of nitrogens with two attached hydrogens (primary N) is 1. The molecule has 9 nitrogen and oxygen atoms in total. The van der Waals surface area contributed by atoms with Crippen molar-refractivity contribution in [3.05, 3.63) is 71.8 Å². The van der Waals surface area contributed by atoms with Gasteiger partial charge in [-0.25, -0.2) is 0 Å². The maximum atomic E-state index is 13.6. The summed E-state index contributed by atoms with van der Waals surface area (Å²) in [5, 5.41) is 22.0. The molecule has 36 heavy (non-hydrogen) atoms. The lowest BCUT2D eigenvalue weighted by Gasteiger charge is -2.33. The van der Waals surface area contributed by atoms with Crippen molar-refractivity contribution in [3.63, 3.8) is 0 Å². The Hall–Kier alpha value is -3.56. The average Bonchev–Trinajstić information content (AvgIpc) is 2.84. The van der Waals surface area contributed by atoms with Crippen molar-refractivity contribution in [1.82, 2.24) is 10.2 Å². The van der Waals surface area contributed by atoms with Crippen molar-refractivity contribution >= 4 is 23.7 Å². The number of carbonyl (C=O) groups is 4. The third-order valence-corrected chi connectivity index (χ3v) is 5.89. The minimum Gasteiger partial charge on any atom is -0.480 e. The number of aliphatic hydroxyl groups is 1. The molecule has 4 atom stereocenters. The Balaban J connectivity index is 2.47. The molecular weight excluding hydrogens is 462 g/mol. The highest BCUT2D eigenvalue weighted by atomic mass is 16.4. The Bertz CT molecular complexity index is 1030. The third-order valence-electron chi connectivity index (χ3n) is 5.89. The Kier molecular flexibility index (Phi) is 10.8. The first-order chi connectivity index (χ1) is 17.0. The molecule has 0 aliphatic heterocycles. The van der Waals surface area contributed by atoms with E-state index in [9.17, 15) is 29.4 Å². The van der Waals surface area contributed by atoms with Gasteiger partial charge >= 0.3 is 5.97 Å². The third kappa shape index (κ3) is 8.28. The van der Waals surface area contributed by atoms with Gasteiger partial charge in [-0.15, -0.1) is 0 Å². The summed E-state index contributed by atoms with van der Waals surface area (Å²) in [4.78, 5) is 52.5. The summed E-state index contributed by atoms with van der Waals surface area (Å²) in [5.74, 6) is -3.87. The van der Waals surface area contributed by atoms with Crippen molar-refractivity contribution in [2.45, 2.75) is 64.3 Å². The highest BCUT2D eigenvalue weighted by molar-refractivity contribution is 6.03. The van der Waals surface area contributed by atoms with Gasteiger partial charge < -0.3 is 21.3 Å². The van der Waals surface area contributed by atoms with Crippen molar-refractivity contribution in [1.29, 1.82) is 0 Å². The first kappa shape index (κ1) is 28.7. The number of carboxylic acids is 1. The number of carboxylic acid groups (broad SMARTS) is 1. The fraction of sp³-hybridized carbons (Fsp3) is 0.407. The van der Waals surface area contributed by atoms with Gasteiger partial charge in [-0.1, -0.05) is 74.5 Å². The molecule has 0 bridgehead atoms. The van der Waals surface area contributed by atoms with E-state index in [-0.39, 0.29) is 18.8 Å². The number of hydrogen-bond donors (Lipinski definition) is 4. The van der Waals surface area contributed by atoms with Gasteiger partial charge in [-0.05, 0) is 30.4 Å². The molecule has 3 amide bonds. The molecule has 2 aromatic carbocycles. The number of nitrogens with zero attached hydrogens (tertiary/aromatic N) is 1. The van der Waals surface area contributed by atoms with Crippen molar-refractivity contribution in [3.8, 4) is 0 Å². The van der Waals surface area contributed by atoms with Crippen LogP contribution in [0, 0.1) is 5.92 Å². The molecule has 9 heteroatoms. The Labute approximate surface area is 211 Å². The van der Waals surface area contributed by atoms with Gasteiger partial charge in [-0.3, -0.25) is 24.1 Å². The van der Waals surface area contributed by atoms with E-state index in [1.807, 2.05) is 6.07 Å². The quantitative estimate of drug-likeness (QED) is 0.347. The molecule has 0 aliphatic carbocycles. The van der Waals surface area contributed by atoms with Crippen LogP contribution >= 0.6 is 0 Å². The Morgan fingerprint density at radius 2 is 1.39 bits per heavy atom. The van der Waals surface area contributed by atoms with Crippen LogP contribution < -0.4 is 11.1 Å². The van der Waals surface area contributed by atoms with E-state index < -0.39 is 54.3 Å². The monoisotopic (exact) mass is 497 g/mol. The second kappa shape index (κ2) is 13.5. The topological polar surface area (TPSA) is 150 Å². The highest BCUT2D eigenvalue weighted by Gasteiger charge is 2.38. The second-order valence-electron chi connectivity index (χ2n) is 9.19. The van der Waals surface area contributed by atoms with E-state index in [2.05, 4.69) is 5.32 Å². The van der Waals surface area contributed by atoms with Crippen LogP contribution in [0.5, 0.6) is 0 Å². The van der Waals surface area contributed by atoms with E-state index in [0.717, 1.165) is 10.5 Å². The zero-order valence-corrected chi connectivity index (χ0v) is 20.8. The number of hydrogen-bond acceptors (Lipinski definition) is 6. The van der Waals surface area contributed by atoms with Gasteiger partial charge in [0.15, 0.2) is 0 Å². The van der Waals surface area contributed by atoms with E-state index in [0.29, 0.717) is 5.56 Å². The smallest absolute Gasteiger partial charge is 0.325 e. The predicted molar refractivity (Wildman–Crippen MR) is 135 cm³/mol. The minimum atomic E-state index is -1.37. The molecule has 0 saturated heterocycles. The van der Waals surface area contributed by atoms with Crippen LogP contribution in [0.4, 0.5) is 0 Å². The van der Waals surface area contributed by atoms with Crippen LogP contribution in [0.2, 0.25) is 0 Å². The molecule has 0 heterocycles. The van der Waals surface area contributed by atoms with E-state index >= 15 is 0 Å². The minimum absolute atomic E-state index is 0.0493. The van der Waals surface area contributed by atoms with Gasteiger partial charge in [0, 0.05) is 6.42 Å². The zero-order valence-electron chi connectivity index (χ0n) is 20.8. The Morgan fingerprint density at radius 3 is 1.86 bits per heavy atom. The van der Waals surface area contributed by atoms with Crippen LogP contribution in [-0.4, -0.2) is 63.0 Å². The molecular formula is C27H35N3O6. The van der Waals surface area contributed by atoms with Crippen LogP contribution in [-0.2, 0) is 32.0 Å². The molecule has 5 N–H and O–H groups in total. The fourth-order valence-electron chi connectivity index (χ4n) is 3.61. The molecule has 0 aliphatic rings. The lowest BCUT2D eigenvalue weighted by Crippen LogP contribution is -2.59. The molecule has 0 radical (unpaired) electrons. The summed E-state index contributed by atoms with van der Waals surface area (Å²) in [5.41, 5.74) is 7.66. The zero-order chi connectivity index (χ0) is 26.8. The van der Waals surface area contributed by atoms with Gasteiger partial charge in [0.05, 0.1) is 18.6 Å². The SMILES string of the molecule is CC(C)[C@@H](O)CC(=O)N(C(=O)[C@H](N)Cc1ccccc1)[C@H](Cc1ccccc1)C(=O)N[C@H](C)C(=O)O. The number of carbonyl (C=O) groups excluding carboxylic acids is 3. The Morgan fingerprint density at radius 1 is 0.889 bits per heavy atom. The molecule has 0 spiro atoms. The van der Waals surface area contributed by atoms with E-state index in [1.165, 1.54) is 6.92 Å². The predicted octanol–water partition coefficient (Wildman–Crippen LogP) is 1.52. The van der Waals surface area contributed by atoms with Crippen LogP contribution in [0.25, 0.3) is 0 Å². The summed E-state index contributed by atoms with van der Waals surface area (Å²) in [7, 11) is 0. The van der Waals surface area contributed by atoms with Crippen LogP contribution in [0.15, 0.2) is 60.7 Å². The normalized spacial score (nSPS) is 14.4. The van der Waals surface area contributed by atoms with Gasteiger partial charge in [0.1, 0.15) is 12.1 Å².